The van der Waals surface area contributed by atoms with Crippen molar-refractivity contribution in [3.05, 3.63) is 66.4 Å². The molecule has 0 radical (unpaired) electrons. The predicted molar refractivity (Wildman–Crippen MR) is 111 cm³/mol. The van der Waals surface area contributed by atoms with E-state index in [9.17, 15) is 0 Å². The summed E-state index contributed by atoms with van der Waals surface area (Å²) in [6, 6.07) is 14.3. The second-order valence-electron chi connectivity index (χ2n) is 7.19. The predicted octanol–water partition coefficient (Wildman–Crippen LogP) is 4.31. The van der Waals surface area contributed by atoms with Gasteiger partial charge in [0.1, 0.15) is 24.9 Å². The monoisotopic (exact) mass is 405 g/mol. The zero-order valence-electron chi connectivity index (χ0n) is 16.5. The van der Waals surface area contributed by atoms with E-state index in [1.54, 1.807) is 6.26 Å². The van der Waals surface area contributed by atoms with Crippen LogP contribution >= 0.6 is 0 Å². The highest BCUT2D eigenvalue weighted by molar-refractivity contribution is 5.83. The van der Waals surface area contributed by atoms with Crippen LogP contribution in [-0.2, 0) is 17.9 Å². The molecule has 0 bridgehead atoms. The SMILES string of the molecule is c1ccc(COc2nc3c(NCc4ccco4)ncnc3n2C2CCCCO2)cc1. The van der Waals surface area contributed by atoms with E-state index < -0.39 is 0 Å². The zero-order chi connectivity index (χ0) is 20.2. The highest BCUT2D eigenvalue weighted by atomic mass is 16.5. The number of nitrogens with zero attached hydrogens (tertiary/aromatic N) is 4. The van der Waals surface area contributed by atoms with Crippen LogP contribution in [0.25, 0.3) is 11.2 Å². The Morgan fingerprint density at radius 1 is 1.10 bits per heavy atom. The second-order valence-corrected chi connectivity index (χ2v) is 7.19. The van der Waals surface area contributed by atoms with Crippen molar-refractivity contribution in [3.63, 3.8) is 0 Å². The number of fused-ring (bicyclic) bond motifs is 1. The van der Waals surface area contributed by atoms with Crippen LogP contribution in [-0.4, -0.2) is 26.1 Å². The van der Waals surface area contributed by atoms with Crippen molar-refractivity contribution in [2.45, 2.75) is 38.6 Å². The summed E-state index contributed by atoms with van der Waals surface area (Å²) >= 11 is 0. The van der Waals surface area contributed by atoms with Crippen molar-refractivity contribution in [2.24, 2.45) is 0 Å². The van der Waals surface area contributed by atoms with Crippen molar-refractivity contribution in [3.8, 4) is 6.01 Å². The molecule has 1 saturated heterocycles. The highest BCUT2D eigenvalue weighted by Crippen LogP contribution is 2.33. The van der Waals surface area contributed by atoms with Crippen LogP contribution < -0.4 is 10.1 Å². The number of rotatable bonds is 7. The molecule has 1 fully saturated rings. The minimum atomic E-state index is -0.151. The number of anilines is 1. The van der Waals surface area contributed by atoms with Crippen molar-refractivity contribution in [1.29, 1.82) is 0 Å². The fourth-order valence-electron chi connectivity index (χ4n) is 3.61. The van der Waals surface area contributed by atoms with Crippen LogP contribution in [0.4, 0.5) is 5.82 Å². The molecule has 1 aliphatic rings. The average Bonchev–Trinajstić information content (AvgIpc) is 3.45. The maximum Gasteiger partial charge on any atom is 0.301 e. The van der Waals surface area contributed by atoms with E-state index in [-0.39, 0.29) is 6.23 Å². The number of hydrogen-bond acceptors (Lipinski definition) is 7. The molecule has 5 rings (SSSR count). The molecule has 4 heterocycles. The van der Waals surface area contributed by atoms with Crippen LogP contribution in [0.1, 0.15) is 36.8 Å². The smallest absolute Gasteiger partial charge is 0.301 e. The van der Waals surface area contributed by atoms with Crippen molar-refractivity contribution in [1.82, 2.24) is 19.5 Å². The first-order valence-electron chi connectivity index (χ1n) is 10.2. The number of nitrogens with one attached hydrogen (secondary N) is 1. The van der Waals surface area contributed by atoms with Gasteiger partial charge < -0.3 is 19.2 Å². The number of furan rings is 1. The summed E-state index contributed by atoms with van der Waals surface area (Å²) in [5.74, 6) is 1.45. The minimum absolute atomic E-state index is 0.151. The Morgan fingerprint density at radius 3 is 2.83 bits per heavy atom. The molecule has 1 unspecified atom stereocenters. The average molecular weight is 405 g/mol. The van der Waals surface area contributed by atoms with Crippen molar-refractivity contribution >= 4 is 17.0 Å². The topological polar surface area (TPSA) is 87.2 Å². The van der Waals surface area contributed by atoms with Gasteiger partial charge in [-0.25, -0.2) is 9.97 Å². The second kappa shape index (κ2) is 8.54. The van der Waals surface area contributed by atoms with Gasteiger partial charge in [-0.2, -0.15) is 4.98 Å². The van der Waals surface area contributed by atoms with Crippen LogP contribution in [0.2, 0.25) is 0 Å². The summed E-state index contributed by atoms with van der Waals surface area (Å²) < 4.78 is 19.5. The van der Waals surface area contributed by atoms with Gasteiger partial charge >= 0.3 is 6.01 Å². The van der Waals surface area contributed by atoms with Gasteiger partial charge in [-0.15, -0.1) is 0 Å². The Kier molecular flexibility index (Phi) is 5.30. The first kappa shape index (κ1) is 18.6. The van der Waals surface area contributed by atoms with Crippen LogP contribution in [0.5, 0.6) is 6.01 Å². The van der Waals surface area contributed by atoms with E-state index >= 15 is 0 Å². The van der Waals surface area contributed by atoms with Gasteiger partial charge in [0.2, 0.25) is 0 Å². The molecule has 0 spiro atoms. The lowest BCUT2D eigenvalue weighted by Gasteiger charge is -2.25. The molecule has 1 aliphatic heterocycles. The highest BCUT2D eigenvalue weighted by Gasteiger charge is 2.25. The molecule has 154 valence electrons. The molecule has 8 nitrogen and oxygen atoms in total. The quantitative estimate of drug-likeness (QED) is 0.490. The number of imidazole rings is 1. The fraction of sp³-hybridized carbons (Fsp3) is 0.318. The van der Waals surface area contributed by atoms with Crippen molar-refractivity contribution < 1.29 is 13.9 Å². The molecule has 3 aromatic heterocycles. The Labute approximate surface area is 173 Å². The first-order chi connectivity index (χ1) is 14.9. The normalized spacial score (nSPS) is 16.6. The Bertz CT molecular complexity index is 1090. The lowest BCUT2D eigenvalue weighted by molar-refractivity contribution is -0.0345. The van der Waals surface area contributed by atoms with Gasteiger partial charge in [0.25, 0.3) is 0 Å². The Morgan fingerprint density at radius 2 is 2.03 bits per heavy atom. The standard InChI is InChI=1S/C22H23N5O3/c1-2-7-16(8-3-1)14-30-22-26-19-20(23-13-17-9-6-12-28-17)24-15-25-21(19)27(22)18-10-4-5-11-29-18/h1-3,6-9,12,15,18H,4-5,10-11,13-14H2,(H,23,24,25). The summed E-state index contributed by atoms with van der Waals surface area (Å²) in [4.78, 5) is 13.6. The third-order valence-electron chi connectivity index (χ3n) is 5.11. The van der Waals surface area contributed by atoms with E-state index in [1.165, 1.54) is 6.33 Å². The fourth-order valence-corrected chi connectivity index (χ4v) is 3.61. The lowest BCUT2D eigenvalue weighted by Crippen LogP contribution is -2.19. The van der Waals surface area contributed by atoms with Gasteiger partial charge in [0, 0.05) is 6.61 Å². The number of benzene rings is 1. The lowest BCUT2D eigenvalue weighted by atomic mass is 10.2. The third kappa shape index (κ3) is 3.86. The molecule has 4 aromatic rings. The van der Waals surface area contributed by atoms with Gasteiger partial charge in [-0.3, -0.25) is 4.57 Å². The molecule has 0 saturated carbocycles. The summed E-state index contributed by atoms with van der Waals surface area (Å²) in [6.07, 6.45) is 6.09. The maximum atomic E-state index is 6.12. The molecule has 0 aliphatic carbocycles. The van der Waals surface area contributed by atoms with Gasteiger partial charge in [-0.05, 0) is 37.0 Å². The van der Waals surface area contributed by atoms with Gasteiger partial charge in [0.15, 0.2) is 17.0 Å². The molecular formula is C22H23N5O3. The summed E-state index contributed by atoms with van der Waals surface area (Å²) in [5, 5.41) is 3.29. The molecule has 1 atom stereocenters. The molecule has 8 heteroatoms. The molecular weight excluding hydrogens is 382 g/mol. The first-order valence-corrected chi connectivity index (χ1v) is 10.2. The summed E-state index contributed by atoms with van der Waals surface area (Å²) in [7, 11) is 0. The number of hydrogen-bond donors (Lipinski definition) is 1. The minimum Gasteiger partial charge on any atom is -0.467 e. The molecule has 1 aromatic carbocycles. The maximum absolute atomic E-state index is 6.12. The van der Waals surface area contributed by atoms with Crippen LogP contribution in [0.15, 0.2) is 59.5 Å². The molecule has 1 N–H and O–H groups in total. The number of aromatic nitrogens is 4. The van der Waals surface area contributed by atoms with E-state index in [0.717, 1.165) is 37.2 Å². The third-order valence-corrected chi connectivity index (χ3v) is 5.11. The Hall–Kier alpha value is -3.39. The summed E-state index contributed by atoms with van der Waals surface area (Å²) in [6.45, 7) is 1.64. The van der Waals surface area contributed by atoms with Crippen LogP contribution in [0, 0.1) is 0 Å². The molecule has 30 heavy (non-hydrogen) atoms. The zero-order valence-corrected chi connectivity index (χ0v) is 16.5. The van der Waals surface area contributed by atoms with Crippen molar-refractivity contribution in [2.75, 3.05) is 11.9 Å². The summed E-state index contributed by atoms with van der Waals surface area (Å²) in [5.41, 5.74) is 2.42. The van der Waals surface area contributed by atoms with E-state index in [2.05, 4.69) is 15.3 Å². The van der Waals surface area contributed by atoms with E-state index in [1.807, 2.05) is 47.0 Å². The van der Waals surface area contributed by atoms with E-state index in [4.69, 9.17) is 18.9 Å². The largest absolute Gasteiger partial charge is 0.467 e. The van der Waals surface area contributed by atoms with E-state index in [0.29, 0.717) is 36.1 Å². The van der Waals surface area contributed by atoms with Gasteiger partial charge in [-0.1, -0.05) is 30.3 Å². The Balaban J connectivity index is 1.48. The number of ether oxygens (including phenoxy) is 2. The molecule has 0 amide bonds. The van der Waals surface area contributed by atoms with Gasteiger partial charge in [0.05, 0.1) is 12.8 Å². The van der Waals surface area contributed by atoms with Crippen LogP contribution in [0.3, 0.4) is 0 Å².